The number of hydrogen-bond donors (Lipinski definition) is 1. The summed E-state index contributed by atoms with van der Waals surface area (Å²) in [5.41, 5.74) is 2.90. The molecule has 9 heteroatoms. The van der Waals surface area contributed by atoms with Gasteiger partial charge in [-0.15, -0.1) is 0 Å². The predicted molar refractivity (Wildman–Crippen MR) is 161 cm³/mol. The highest BCUT2D eigenvalue weighted by Crippen LogP contribution is 2.27. The molecule has 0 aliphatic heterocycles. The van der Waals surface area contributed by atoms with E-state index in [0.29, 0.717) is 23.7 Å². The Morgan fingerprint density at radius 2 is 1.52 bits per heavy atom. The van der Waals surface area contributed by atoms with Gasteiger partial charge in [0.2, 0.25) is 11.8 Å². The Labute approximate surface area is 243 Å². The van der Waals surface area contributed by atoms with Gasteiger partial charge in [0, 0.05) is 18.1 Å². The molecule has 0 saturated heterocycles. The molecule has 0 spiro atoms. The number of carbonyl (C=O) groups is 2. The summed E-state index contributed by atoms with van der Waals surface area (Å²) in [5.74, 6) is -0.527. The van der Waals surface area contributed by atoms with Crippen LogP contribution >= 0.6 is 11.6 Å². The maximum absolute atomic E-state index is 14.1. The van der Waals surface area contributed by atoms with E-state index in [4.69, 9.17) is 11.6 Å². The van der Waals surface area contributed by atoms with Gasteiger partial charge < -0.3 is 10.2 Å². The Balaban J connectivity index is 2.06. The van der Waals surface area contributed by atoms with Gasteiger partial charge in [-0.3, -0.25) is 13.9 Å². The van der Waals surface area contributed by atoms with Gasteiger partial charge >= 0.3 is 0 Å². The van der Waals surface area contributed by atoms with Gasteiger partial charge in [0.05, 0.1) is 10.6 Å². The molecule has 3 aromatic carbocycles. The van der Waals surface area contributed by atoms with Crippen LogP contribution in [0.5, 0.6) is 0 Å². The minimum atomic E-state index is -4.10. The molecule has 0 unspecified atom stereocenters. The lowest BCUT2D eigenvalue weighted by molar-refractivity contribution is -0.140. The second kappa shape index (κ2) is 13.8. The summed E-state index contributed by atoms with van der Waals surface area (Å²) in [6, 6.07) is 19.7. The van der Waals surface area contributed by atoms with Crippen molar-refractivity contribution in [3.63, 3.8) is 0 Å². The lowest BCUT2D eigenvalue weighted by Crippen LogP contribution is -2.52. The zero-order valence-corrected chi connectivity index (χ0v) is 25.3. The fourth-order valence-electron chi connectivity index (χ4n) is 4.47. The minimum Gasteiger partial charge on any atom is -0.354 e. The number of sulfonamides is 1. The van der Waals surface area contributed by atoms with Crippen molar-refractivity contribution < 1.29 is 18.0 Å². The van der Waals surface area contributed by atoms with Crippen molar-refractivity contribution in [3.8, 4) is 0 Å². The molecule has 3 aromatic rings. The van der Waals surface area contributed by atoms with Crippen molar-refractivity contribution in [1.29, 1.82) is 0 Å². The van der Waals surface area contributed by atoms with Gasteiger partial charge in [0.25, 0.3) is 10.0 Å². The van der Waals surface area contributed by atoms with Crippen LogP contribution in [-0.4, -0.2) is 44.3 Å². The molecule has 3 rings (SSSR count). The number of amides is 2. The van der Waals surface area contributed by atoms with Gasteiger partial charge in [0.15, 0.2) is 0 Å². The van der Waals surface area contributed by atoms with E-state index in [1.54, 1.807) is 54.6 Å². The summed E-state index contributed by atoms with van der Waals surface area (Å²) in [7, 11) is -4.10. The van der Waals surface area contributed by atoms with E-state index >= 15 is 0 Å². The normalized spacial score (nSPS) is 12.2. The highest BCUT2D eigenvalue weighted by atomic mass is 35.5. The van der Waals surface area contributed by atoms with Gasteiger partial charge in [-0.1, -0.05) is 68.8 Å². The fourth-order valence-corrected chi connectivity index (χ4v) is 6.02. The number of aryl methyl sites for hydroxylation is 2. The van der Waals surface area contributed by atoms with Crippen molar-refractivity contribution in [1.82, 2.24) is 10.2 Å². The van der Waals surface area contributed by atoms with Crippen LogP contribution in [0.4, 0.5) is 5.69 Å². The predicted octanol–water partition coefficient (Wildman–Crippen LogP) is 5.73. The third-order valence-corrected chi connectivity index (χ3v) is 8.48. The molecule has 0 saturated carbocycles. The van der Waals surface area contributed by atoms with Crippen LogP contribution < -0.4 is 9.62 Å². The average molecular weight is 584 g/mol. The minimum absolute atomic E-state index is 0.0768. The number of nitrogens with one attached hydrogen (secondary N) is 1. The molecule has 2 amide bonds. The molecule has 7 nitrogen and oxygen atoms in total. The number of hydrogen-bond acceptors (Lipinski definition) is 4. The van der Waals surface area contributed by atoms with Gasteiger partial charge in [-0.2, -0.15) is 0 Å². The molecule has 0 radical (unpaired) electrons. The highest BCUT2D eigenvalue weighted by molar-refractivity contribution is 7.92. The van der Waals surface area contributed by atoms with Crippen molar-refractivity contribution in [3.05, 3.63) is 94.5 Å². The van der Waals surface area contributed by atoms with E-state index < -0.39 is 28.5 Å². The summed E-state index contributed by atoms with van der Waals surface area (Å²) in [5, 5.41) is 3.49. The number of carbonyl (C=O) groups excluding carboxylic acids is 2. The van der Waals surface area contributed by atoms with E-state index in [2.05, 4.69) is 5.32 Å². The van der Waals surface area contributed by atoms with Crippen molar-refractivity contribution >= 4 is 39.1 Å². The van der Waals surface area contributed by atoms with E-state index in [1.165, 1.54) is 17.0 Å². The van der Waals surface area contributed by atoms with Crippen LogP contribution in [0.2, 0.25) is 5.02 Å². The largest absolute Gasteiger partial charge is 0.354 e. The molecular weight excluding hydrogens is 546 g/mol. The Morgan fingerprint density at radius 1 is 0.925 bits per heavy atom. The second-order valence-electron chi connectivity index (χ2n) is 10.4. The summed E-state index contributed by atoms with van der Waals surface area (Å²) >= 11 is 6.07. The molecule has 0 aliphatic rings. The Bertz CT molecular complexity index is 1390. The topological polar surface area (TPSA) is 86.8 Å². The van der Waals surface area contributed by atoms with E-state index in [0.717, 1.165) is 21.0 Å². The molecule has 0 aliphatic carbocycles. The maximum atomic E-state index is 14.1. The van der Waals surface area contributed by atoms with Crippen LogP contribution in [0.3, 0.4) is 0 Å². The first-order chi connectivity index (χ1) is 18.9. The van der Waals surface area contributed by atoms with E-state index in [1.807, 2.05) is 40.7 Å². The molecule has 40 heavy (non-hydrogen) atoms. The molecule has 0 fully saturated rings. The molecule has 214 valence electrons. The molecule has 1 N–H and O–H groups in total. The number of nitrogens with zero attached hydrogens (tertiary/aromatic N) is 2. The van der Waals surface area contributed by atoms with Crippen LogP contribution in [0.1, 0.15) is 43.9 Å². The molecule has 0 heterocycles. The lowest BCUT2D eigenvalue weighted by Gasteiger charge is -2.33. The van der Waals surface area contributed by atoms with Gasteiger partial charge in [-0.25, -0.2) is 8.42 Å². The van der Waals surface area contributed by atoms with Crippen molar-refractivity contribution in [2.24, 2.45) is 5.92 Å². The summed E-state index contributed by atoms with van der Waals surface area (Å²) in [4.78, 5) is 28.9. The smallest absolute Gasteiger partial charge is 0.264 e. The van der Waals surface area contributed by atoms with Gasteiger partial charge in [0.1, 0.15) is 12.6 Å². The standard InChI is InChI=1S/C31H38ClN3O4S/c1-6-29(31(37)33-19-22(2)3)34(20-25-12-14-26(32)15-13-25)30(36)21-35(27-17-23(4)16-24(5)18-27)40(38,39)28-10-8-7-9-11-28/h7-18,22,29H,6,19-21H2,1-5H3,(H,33,37)/t29-/m1/s1. The first-order valence-corrected chi connectivity index (χ1v) is 15.2. The number of rotatable bonds is 12. The van der Waals surface area contributed by atoms with E-state index in [-0.39, 0.29) is 23.3 Å². The van der Waals surface area contributed by atoms with Crippen LogP contribution in [0, 0.1) is 19.8 Å². The Kier molecular flexibility index (Phi) is 10.8. The third-order valence-electron chi connectivity index (χ3n) is 6.44. The number of anilines is 1. The third kappa shape index (κ3) is 8.08. The highest BCUT2D eigenvalue weighted by Gasteiger charge is 2.33. The van der Waals surface area contributed by atoms with Gasteiger partial charge in [-0.05, 0) is 79.3 Å². The monoisotopic (exact) mass is 583 g/mol. The first-order valence-electron chi connectivity index (χ1n) is 13.4. The second-order valence-corrected chi connectivity index (χ2v) is 12.7. The van der Waals surface area contributed by atoms with E-state index in [9.17, 15) is 18.0 Å². The lowest BCUT2D eigenvalue weighted by atomic mass is 10.1. The molecule has 0 bridgehead atoms. The summed E-state index contributed by atoms with van der Waals surface area (Å²) in [6.07, 6.45) is 0.359. The molecule has 0 aromatic heterocycles. The summed E-state index contributed by atoms with van der Waals surface area (Å²) < 4.78 is 29.0. The van der Waals surface area contributed by atoms with Crippen molar-refractivity contribution in [2.45, 2.75) is 58.5 Å². The number of halogens is 1. The zero-order chi connectivity index (χ0) is 29.4. The zero-order valence-electron chi connectivity index (χ0n) is 23.7. The summed E-state index contributed by atoms with van der Waals surface area (Å²) in [6.45, 7) is 9.70. The Morgan fingerprint density at radius 3 is 2.08 bits per heavy atom. The molecular formula is C31H38ClN3O4S. The SMILES string of the molecule is CC[C@H](C(=O)NCC(C)C)N(Cc1ccc(Cl)cc1)C(=O)CN(c1cc(C)cc(C)c1)S(=O)(=O)c1ccccc1. The number of benzene rings is 3. The quantitative estimate of drug-likeness (QED) is 0.295. The van der Waals surface area contributed by atoms with Crippen LogP contribution in [0.15, 0.2) is 77.7 Å². The van der Waals surface area contributed by atoms with Crippen molar-refractivity contribution in [2.75, 3.05) is 17.4 Å². The fraction of sp³-hybridized carbons (Fsp3) is 0.355. The maximum Gasteiger partial charge on any atom is 0.264 e. The Hall–Kier alpha value is -3.36. The molecule has 1 atom stereocenters. The first kappa shape index (κ1) is 31.2. The van der Waals surface area contributed by atoms with Crippen LogP contribution in [0.25, 0.3) is 0 Å². The average Bonchev–Trinajstić information content (AvgIpc) is 2.91. The van der Waals surface area contributed by atoms with Crippen LogP contribution in [-0.2, 0) is 26.2 Å².